The van der Waals surface area contributed by atoms with Crippen LogP contribution in [0.5, 0.6) is 0 Å². The minimum absolute atomic E-state index is 0.0361. The first-order chi connectivity index (χ1) is 8.24. The van der Waals surface area contributed by atoms with Crippen LogP contribution in [-0.4, -0.2) is 47.1 Å². The van der Waals surface area contributed by atoms with Gasteiger partial charge in [0.05, 0.1) is 0 Å². The molecule has 0 amide bonds. The number of ether oxygens (including phenoxy) is 1. The first-order valence-corrected chi connectivity index (χ1v) is 8.83. The third kappa shape index (κ3) is 2.47. The third-order valence-corrected chi connectivity index (χ3v) is 7.05. The molecule has 3 aliphatic heterocycles. The van der Waals surface area contributed by atoms with Crippen molar-refractivity contribution in [3.63, 3.8) is 0 Å². The van der Waals surface area contributed by atoms with Crippen molar-refractivity contribution in [1.82, 2.24) is 4.90 Å². The monoisotopic (exact) mass is 273 g/mol. The molecule has 5 heteroatoms. The largest absolute Gasteiger partial charge is 0.461 e. The van der Waals surface area contributed by atoms with Crippen molar-refractivity contribution in [2.45, 2.75) is 55.5 Å². The molecule has 0 aromatic heterocycles. The van der Waals surface area contributed by atoms with Crippen molar-refractivity contribution in [2.75, 3.05) is 12.8 Å². The fourth-order valence-corrected chi connectivity index (χ4v) is 5.87. The molecule has 3 heterocycles. The van der Waals surface area contributed by atoms with Gasteiger partial charge in [-0.25, -0.2) is 0 Å². The Labute approximate surface area is 110 Å². The number of hydrogen-bond donors (Lipinski definition) is 0. The van der Waals surface area contributed by atoms with Crippen LogP contribution in [0.25, 0.3) is 0 Å². The highest BCUT2D eigenvalue weighted by Gasteiger charge is 2.40. The minimum atomic E-state index is 0.0361. The molecular formula is C12H19NO2S2. The van der Waals surface area contributed by atoms with Gasteiger partial charge < -0.3 is 9.64 Å². The van der Waals surface area contributed by atoms with E-state index in [9.17, 15) is 4.79 Å². The van der Waals surface area contributed by atoms with Crippen LogP contribution in [0.4, 0.5) is 0 Å². The highest BCUT2D eigenvalue weighted by atomic mass is 33.1. The zero-order valence-corrected chi connectivity index (χ0v) is 11.8. The average Bonchev–Trinajstić information content (AvgIpc) is 2.88. The molecule has 0 saturated carbocycles. The Kier molecular flexibility index (Phi) is 3.59. The van der Waals surface area contributed by atoms with Crippen LogP contribution in [-0.2, 0) is 9.53 Å². The molecule has 0 radical (unpaired) electrons. The van der Waals surface area contributed by atoms with Gasteiger partial charge >= 0.3 is 5.97 Å². The molecule has 3 rings (SSSR count). The van der Waals surface area contributed by atoms with E-state index >= 15 is 0 Å². The van der Waals surface area contributed by atoms with Crippen LogP contribution in [0.1, 0.15) is 32.1 Å². The van der Waals surface area contributed by atoms with Crippen LogP contribution >= 0.6 is 21.6 Å². The SMILES string of the molecule is CN1C2CCC1CC(OC(=O)[C@@H]1CCSS1)C2. The summed E-state index contributed by atoms with van der Waals surface area (Å²) in [7, 11) is 5.69. The Balaban J connectivity index is 1.54. The summed E-state index contributed by atoms with van der Waals surface area (Å²) in [5.41, 5.74) is 0. The van der Waals surface area contributed by atoms with Gasteiger partial charge in [-0.2, -0.15) is 0 Å². The summed E-state index contributed by atoms with van der Waals surface area (Å²) in [5.74, 6) is 1.12. The predicted molar refractivity (Wildman–Crippen MR) is 72.1 cm³/mol. The number of esters is 1. The normalized spacial score (nSPS) is 41.7. The number of carbonyl (C=O) groups is 1. The van der Waals surface area contributed by atoms with Crippen molar-refractivity contribution in [1.29, 1.82) is 0 Å². The molecule has 3 aliphatic rings. The lowest BCUT2D eigenvalue weighted by Gasteiger charge is -2.36. The number of rotatable bonds is 2. The Bertz CT molecular complexity index is 293. The maximum atomic E-state index is 12.0. The summed E-state index contributed by atoms with van der Waals surface area (Å²) < 4.78 is 5.70. The van der Waals surface area contributed by atoms with Crippen molar-refractivity contribution in [2.24, 2.45) is 0 Å². The Morgan fingerprint density at radius 3 is 2.53 bits per heavy atom. The molecule has 17 heavy (non-hydrogen) atoms. The number of nitrogens with zero attached hydrogens (tertiary/aromatic N) is 1. The van der Waals surface area contributed by atoms with E-state index in [4.69, 9.17) is 4.74 Å². The molecule has 2 bridgehead atoms. The molecule has 96 valence electrons. The molecule has 0 spiro atoms. The topological polar surface area (TPSA) is 29.5 Å². The lowest BCUT2D eigenvalue weighted by molar-refractivity contribution is -0.151. The summed E-state index contributed by atoms with van der Waals surface area (Å²) in [6.45, 7) is 0. The quantitative estimate of drug-likeness (QED) is 0.569. The third-order valence-electron chi connectivity index (χ3n) is 4.25. The van der Waals surface area contributed by atoms with E-state index < -0.39 is 0 Å². The van der Waals surface area contributed by atoms with Crippen molar-refractivity contribution in [3.05, 3.63) is 0 Å². The lowest BCUT2D eigenvalue weighted by Crippen LogP contribution is -2.44. The van der Waals surface area contributed by atoms with E-state index in [0.717, 1.165) is 25.0 Å². The van der Waals surface area contributed by atoms with Crippen LogP contribution < -0.4 is 0 Å². The maximum Gasteiger partial charge on any atom is 0.320 e. The highest BCUT2D eigenvalue weighted by Crippen LogP contribution is 2.40. The van der Waals surface area contributed by atoms with E-state index in [1.54, 1.807) is 21.6 Å². The van der Waals surface area contributed by atoms with Gasteiger partial charge in [0, 0.05) is 17.8 Å². The summed E-state index contributed by atoms with van der Waals surface area (Å²) in [6, 6.07) is 1.30. The summed E-state index contributed by atoms with van der Waals surface area (Å²) in [6.07, 6.45) is 5.81. The lowest BCUT2D eigenvalue weighted by atomic mass is 10.0. The van der Waals surface area contributed by atoms with Gasteiger partial charge in [-0.05, 0) is 39.2 Å². The Morgan fingerprint density at radius 2 is 1.94 bits per heavy atom. The van der Waals surface area contributed by atoms with Gasteiger partial charge in [-0.15, -0.1) is 0 Å². The summed E-state index contributed by atoms with van der Waals surface area (Å²) in [5, 5.41) is 0.0947. The van der Waals surface area contributed by atoms with Crippen LogP contribution in [0.2, 0.25) is 0 Å². The van der Waals surface area contributed by atoms with Gasteiger partial charge in [0.2, 0.25) is 0 Å². The van der Waals surface area contributed by atoms with E-state index in [1.807, 2.05) is 0 Å². The van der Waals surface area contributed by atoms with Crippen molar-refractivity contribution >= 4 is 27.6 Å². The van der Waals surface area contributed by atoms with Crippen LogP contribution in [0, 0.1) is 0 Å². The fraction of sp³-hybridized carbons (Fsp3) is 0.917. The van der Waals surface area contributed by atoms with E-state index in [1.165, 1.54) is 12.8 Å². The molecule has 0 aromatic carbocycles. The second kappa shape index (κ2) is 5.02. The smallest absolute Gasteiger partial charge is 0.320 e. The van der Waals surface area contributed by atoms with Gasteiger partial charge in [0.25, 0.3) is 0 Å². The number of piperidine rings is 1. The van der Waals surface area contributed by atoms with E-state index in [-0.39, 0.29) is 17.3 Å². The Morgan fingerprint density at radius 1 is 1.24 bits per heavy atom. The van der Waals surface area contributed by atoms with Crippen LogP contribution in [0.15, 0.2) is 0 Å². The van der Waals surface area contributed by atoms with Gasteiger partial charge in [-0.3, -0.25) is 4.79 Å². The first kappa shape index (κ1) is 12.2. The average molecular weight is 273 g/mol. The number of fused-ring (bicyclic) bond motifs is 2. The zero-order chi connectivity index (χ0) is 11.8. The molecule has 0 N–H and O–H groups in total. The highest BCUT2D eigenvalue weighted by molar-refractivity contribution is 8.77. The standard InChI is InChI=1S/C12H19NO2S2/c1-13-8-2-3-9(13)7-10(6-8)15-12(14)11-4-5-16-17-11/h8-11H,2-7H2,1H3/t8?,9?,10?,11-/m0/s1. The Hall–Kier alpha value is 0.130. The molecule has 3 fully saturated rings. The summed E-state index contributed by atoms with van der Waals surface area (Å²) >= 11 is 0. The zero-order valence-electron chi connectivity index (χ0n) is 10.1. The van der Waals surface area contributed by atoms with E-state index in [2.05, 4.69) is 11.9 Å². The molecule has 3 nitrogen and oxygen atoms in total. The van der Waals surface area contributed by atoms with Gasteiger partial charge in [0.15, 0.2) is 0 Å². The van der Waals surface area contributed by atoms with Gasteiger partial charge in [-0.1, -0.05) is 21.6 Å². The molecule has 3 saturated heterocycles. The van der Waals surface area contributed by atoms with Crippen molar-refractivity contribution < 1.29 is 9.53 Å². The predicted octanol–water partition coefficient (Wildman–Crippen LogP) is 2.31. The molecular weight excluding hydrogens is 254 g/mol. The van der Waals surface area contributed by atoms with Crippen LogP contribution in [0.3, 0.4) is 0 Å². The molecule has 0 aliphatic carbocycles. The summed E-state index contributed by atoms with van der Waals surface area (Å²) in [4.78, 5) is 14.4. The van der Waals surface area contributed by atoms with Gasteiger partial charge in [0.1, 0.15) is 11.4 Å². The second-order valence-corrected chi connectivity index (χ2v) is 7.97. The second-order valence-electron chi connectivity index (χ2n) is 5.28. The first-order valence-electron chi connectivity index (χ1n) is 6.45. The van der Waals surface area contributed by atoms with E-state index in [0.29, 0.717) is 12.1 Å². The van der Waals surface area contributed by atoms with Crippen molar-refractivity contribution in [3.8, 4) is 0 Å². The minimum Gasteiger partial charge on any atom is -0.461 e. The maximum absolute atomic E-state index is 12.0. The number of hydrogen-bond acceptors (Lipinski definition) is 5. The fourth-order valence-electron chi connectivity index (χ4n) is 3.19. The molecule has 0 aromatic rings. The molecule has 3 atom stereocenters. The number of carbonyl (C=O) groups excluding carboxylic acids is 1. The molecule has 2 unspecified atom stereocenters.